The maximum atomic E-state index is 7.39. The second-order valence-electron chi connectivity index (χ2n) is 9.57. The quantitative estimate of drug-likeness (QED) is 0.200. The third kappa shape index (κ3) is 5.41. The summed E-state index contributed by atoms with van der Waals surface area (Å²) in [5.74, 6) is 1.96. The van der Waals surface area contributed by atoms with Crippen LogP contribution in [-0.4, -0.2) is 23.1 Å². The molecule has 0 aliphatic rings. The first kappa shape index (κ1) is 25.7. The summed E-state index contributed by atoms with van der Waals surface area (Å²) in [6.07, 6.45) is 6.71. The Kier molecular flexibility index (Phi) is 8.17. The number of fused-ring (bicyclic) bond motifs is 1. The summed E-state index contributed by atoms with van der Waals surface area (Å²) in [5, 5.41) is 0. The molecule has 188 valence electrons. The number of anilines is 1. The van der Waals surface area contributed by atoms with Gasteiger partial charge in [0.1, 0.15) is 0 Å². The van der Waals surface area contributed by atoms with E-state index in [9.17, 15) is 0 Å². The number of para-hydroxylation sites is 1. The normalized spacial score (nSPS) is 13.9. The van der Waals surface area contributed by atoms with Gasteiger partial charge < -0.3 is 0 Å². The molecule has 5 heteroatoms. The molecule has 35 heavy (non-hydrogen) atoms. The second kappa shape index (κ2) is 11.1. The molecule has 0 N–H and O–H groups in total. The molecule has 0 aliphatic heterocycles. The molecule has 0 saturated carbocycles. The van der Waals surface area contributed by atoms with Gasteiger partial charge in [-0.1, -0.05) is 0 Å². The molecular formula is C30H36ClN3Pd. The van der Waals surface area contributed by atoms with Crippen molar-refractivity contribution >= 4 is 26.9 Å². The fraction of sp³-hybridized carbons (Fsp3) is 0.300. The van der Waals surface area contributed by atoms with Crippen molar-refractivity contribution < 1.29 is 15.3 Å². The molecule has 2 heterocycles. The van der Waals surface area contributed by atoms with Gasteiger partial charge in [-0.15, -0.1) is 0 Å². The summed E-state index contributed by atoms with van der Waals surface area (Å²) in [6, 6.07) is 23.7. The van der Waals surface area contributed by atoms with Crippen molar-refractivity contribution in [2.24, 2.45) is 0 Å². The van der Waals surface area contributed by atoms with E-state index in [4.69, 9.17) is 9.53 Å². The summed E-state index contributed by atoms with van der Waals surface area (Å²) in [7, 11) is 11.6. The van der Waals surface area contributed by atoms with Crippen molar-refractivity contribution in [1.29, 1.82) is 0 Å². The van der Waals surface area contributed by atoms with Gasteiger partial charge in [0.2, 0.25) is 0 Å². The Morgan fingerprint density at radius 2 is 1.49 bits per heavy atom. The molecular weight excluding hydrogens is 544 g/mol. The summed E-state index contributed by atoms with van der Waals surface area (Å²) >= 11 is -1.63. The molecule has 0 spiro atoms. The number of benzene rings is 2. The van der Waals surface area contributed by atoms with Crippen LogP contribution in [0.5, 0.6) is 0 Å². The van der Waals surface area contributed by atoms with Crippen molar-refractivity contribution in [3.8, 4) is 5.69 Å². The maximum absolute atomic E-state index is 7.39. The average molecular weight is 581 g/mol. The number of hydrogen-bond donors (Lipinski definition) is 0. The van der Waals surface area contributed by atoms with Crippen LogP contribution in [-0.2, 0) is 15.3 Å². The molecule has 4 aromatic rings. The monoisotopic (exact) mass is 579 g/mol. The molecule has 0 bridgehead atoms. The van der Waals surface area contributed by atoms with Gasteiger partial charge in [0, 0.05) is 0 Å². The van der Waals surface area contributed by atoms with Crippen molar-refractivity contribution in [2.75, 3.05) is 19.0 Å². The van der Waals surface area contributed by atoms with E-state index in [2.05, 4.69) is 135 Å². The fourth-order valence-electron chi connectivity index (χ4n) is 4.40. The van der Waals surface area contributed by atoms with Gasteiger partial charge in [-0.3, -0.25) is 0 Å². The topological polar surface area (TPSA) is 12.6 Å². The summed E-state index contributed by atoms with van der Waals surface area (Å²) in [6.45, 7) is 9.11. The van der Waals surface area contributed by atoms with Crippen molar-refractivity contribution in [1.82, 2.24) is 8.97 Å². The van der Waals surface area contributed by atoms with Crippen LogP contribution in [0, 0.1) is 3.89 Å². The Bertz CT molecular complexity index is 1380. The Morgan fingerprint density at radius 3 is 2.09 bits per heavy atom. The predicted octanol–water partition coefficient (Wildman–Crippen LogP) is 8.48. The Balaban J connectivity index is 2.04. The minimum atomic E-state index is -1.63. The molecule has 0 saturated heterocycles. The summed E-state index contributed by atoms with van der Waals surface area (Å²) in [4.78, 5) is 3.02. The van der Waals surface area contributed by atoms with Crippen LogP contribution in [0.3, 0.4) is 0 Å². The van der Waals surface area contributed by atoms with Gasteiger partial charge in [0.15, 0.2) is 0 Å². The molecule has 0 radical (unpaired) electrons. The first-order chi connectivity index (χ1) is 16.8. The zero-order chi connectivity index (χ0) is 25.1. The van der Waals surface area contributed by atoms with Crippen molar-refractivity contribution in [3.05, 3.63) is 99.6 Å². The fourth-order valence-corrected chi connectivity index (χ4v) is 7.61. The molecule has 0 amide bonds. The number of nitrogens with zero attached hydrogens (tertiary/aromatic N) is 3. The first-order valence-electron chi connectivity index (χ1n) is 12.1. The summed E-state index contributed by atoms with van der Waals surface area (Å²) in [5.41, 5.74) is 6.38. The number of hydrogen-bond acceptors (Lipinski definition) is 1. The average Bonchev–Trinajstić information content (AvgIpc) is 3.23. The van der Waals surface area contributed by atoms with Gasteiger partial charge in [-0.05, 0) is 0 Å². The molecule has 0 unspecified atom stereocenters. The third-order valence-corrected chi connectivity index (χ3v) is 9.72. The van der Waals surface area contributed by atoms with Crippen molar-refractivity contribution in [2.45, 2.75) is 44.4 Å². The Hall–Kier alpha value is -2.38. The van der Waals surface area contributed by atoms with Gasteiger partial charge in [0.25, 0.3) is 0 Å². The third-order valence-electron chi connectivity index (χ3n) is 6.11. The van der Waals surface area contributed by atoms with E-state index < -0.39 is 15.3 Å². The molecule has 0 aliphatic carbocycles. The van der Waals surface area contributed by atoms with E-state index in [-0.39, 0.29) is 0 Å². The number of halogens is 1. The van der Waals surface area contributed by atoms with E-state index >= 15 is 0 Å². The number of pyridine rings is 1. The number of imidazole rings is 1. The minimum absolute atomic E-state index is 0.408. The van der Waals surface area contributed by atoms with Crippen LogP contribution in [0.2, 0.25) is 4.89 Å². The van der Waals surface area contributed by atoms with Crippen LogP contribution >= 0.6 is 9.53 Å². The van der Waals surface area contributed by atoms with E-state index in [0.29, 0.717) is 11.8 Å². The first-order valence-corrected chi connectivity index (χ1v) is 16.0. The van der Waals surface area contributed by atoms with E-state index in [0.717, 1.165) is 10.7 Å². The molecule has 3 nitrogen and oxygen atoms in total. The molecule has 0 fully saturated rings. The second-order valence-corrected chi connectivity index (χ2v) is 13.9. The van der Waals surface area contributed by atoms with Gasteiger partial charge in [0.05, 0.1) is 0 Å². The number of allylic oxidation sites excluding steroid dienone is 1. The van der Waals surface area contributed by atoms with Crippen LogP contribution in [0.25, 0.3) is 17.3 Å². The van der Waals surface area contributed by atoms with E-state index in [1.165, 1.54) is 31.8 Å². The van der Waals surface area contributed by atoms with Gasteiger partial charge in [-0.2, -0.15) is 0 Å². The standard InChI is InChI=1S/C21H27N3.C9H9.ClH.Pd/c1-15(2)18-10-8-11-19(16(3)4)21(18)23-13-17-9-7-12-20(22(5)6)24(17)14-23;1-2-6-9-7-4-3-5-8-9;;/h7-13,15-16H,1-6H3;2-8H,1H2;1H;/q;;;+1/p-1. The zero-order valence-electron chi connectivity index (χ0n) is 21.5. The molecule has 0 atom stereocenters. The van der Waals surface area contributed by atoms with Gasteiger partial charge in [-0.25, -0.2) is 0 Å². The molecule has 2 aromatic carbocycles. The van der Waals surface area contributed by atoms with E-state index in [1.807, 2.05) is 6.07 Å². The zero-order valence-corrected chi connectivity index (χ0v) is 23.8. The van der Waals surface area contributed by atoms with Crippen LogP contribution in [0.4, 0.5) is 5.82 Å². The Morgan fingerprint density at radius 1 is 0.857 bits per heavy atom. The van der Waals surface area contributed by atoms with Crippen molar-refractivity contribution in [3.63, 3.8) is 0 Å². The molecule has 4 rings (SSSR count). The van der Waals surface area contributed by atoms with Crippen LogP contribution in [0.1, 0.15) is 56.2 Å². The SMILES string of the molecule is CC(C)c1cccc(C(C)C)c1-n1cc2cccc(N(C)C)n2[c]1=[Pd]([Cl])[CH2]C=Cc1ccccc1. The number of aromatic nitrogens is 2. The summed E-state index contributed by atoms with van der Waals surface area (Å²) < 4.78 is 5.98. The van der Waals surface area contributed by atoms with Crippen LogP contribution < -0.4 is 4.90 Å². The predicted molar refractivity (Wildman–Crippen MR) is 149 cm³/mol. The number of rotatable bonds is 7. The Labute approximate surface area is 219 Å². The van der Waals surface area contributed by atoms with E-state index in [1.54, 1.807) is 0 Å². The van der Waals surface area contributed by atoms with Gasteiger partial charge >= 0.3 is 220 Å². The van der Waals surface area contributed by atoms with Crippen LogP contribution in [0.15, 0.2) is 79.0 Å². The molecule has 2 aromatic heterocycles.